The Hall–Kier alpha value is -3.71. The number of nitrogens with zero attached hydrogens (tertiary/aromatic N) is 2. The molecule has 0 aliphatic carbocycles. The van der Waals surface area contributed by atoms with Gasteiger partial charge in [-0.3, -0.25) is 9.59 Å². The lowest BCUT2D eigenvalue weighted by Gasteiger charge is -2.38. The van der Waals surface area contributed by atoms with Crippen molar-refractivity contribution in [3.05, 3.63) is 82.9 Å². The van der Waals surface area contributed by atoms with Crippen LogP contribution in [0.15, 0.2) is 66.7 Å². The highest BCUT2D eigenvalue weighted by Crippen LogP contribution is 2.31. The van der Waals surface area contributed by atoms with Crippen LogP contribution in [0.5, 0.6) is 5.75 Å². The Balaban J connectivity index is 1.54. The van der Waals surface area contributed by atoms with Crippen LogP contribution >= 0.6 is 11.6 Å². The maximum absolute atomic E-state index is 13.1. The molecule has 1 aliphatic rings. The number of nitrogens with one attached hydrogen (secondary N) is 2. The molecule has 0 aromatic heterocycles. The highest BCUT2D eigenvalue weighted by Gasteiger charge is 2.24. The van der Waals surface area contributed by atoms with E-state index in [2.05, 4.69) is 26.5 Å². The Kier molecular flexibility index (Phi) is 8.00. The van der Waals surface area contributed by atoms with Crippen molar-refractivity contribution >= 4 is 40.5 Å². The van der Waals surface area contributed by atoms with Gasteiger partial charge in [0, 0.05) is 54.2 Å². The molecule has 0 saturated carbocycles. The van der Waals surface area contributed by atoms with Gasteiger partial charge in [-0.2, -0.15) is 0 Å². The number of hydrogen-bond donors (Lipinski definition) is 2. The number of methoxy groups -OCH3 is 1. The average molecular weight is 507 g/mol. The van der Waals surface area contributed by atoms with E-state index in [1.165, 1.54) is 0 Å². The second-order valence-corrected chi connectivity index (χ2v) is 9.40. The van der Waals surface area contributed by atoms with Crippen molar-refractivity contribution in [2.24, 2.45) is 0 Å². The number of hydrogen-bond acceptors (Lipinski definition) is 5. The summed E-state index contributed by atoms with van der Waals surface area (Å²) in [6.45, 7) is 6.93. The Morgan fingerprint density at radius 1 is 0.861 bits per heavy atom. The van der Waals surface area contributed by atoms with E-state index in [1.54, 1.807) is 37.4 Å². The largest absolute Gasteiger partial charge is 0.495 e. The molecule has 2 amide bonds. The highest BCUT2D eigenvalue weighted by molar-refractivity contribution is 6.30. The molecule has 188 valence electrons. The van der Waals surface area contributed by atoms with Crippen molar-refractivity contribution in [2.75, 3.05) is 48.4 Å². The molecular weight excluding hydrogens is 476 g/mol. The molecule has 1 heterocycles. The van der Waals surface area contributed by atoms with Crippen LogP contribution in [-0.2, 0) is 0 Å². The van der Waals surface area contributed by atoms with Crippen molar-refractivity contribution in [3.63, 3.8) is 0 Å². The molecule has 0 atom stereocenters. The van der Waals surface area contributed by atoms with E-state index in [-0.39, 0.29) is 17.9 Å². The summed E-state index contributed by atoms with van der Waals surface area (Å²) in [6, 6.07) is 20.2. The third-order valence-electron chi connectivity index (χ3n) is 6.07. The molecule has 3 aromatic carbocycles. The second kappa shape index (κ2) is 11.4. The fourth-order valence-corrected chi connectivity index (χ4v) is 4.42. The topological polar surface area (TPSA) is 73.9 Å². The standard InChI is InChI=1S/C28H31ClN4O3/c1-19(2)30-28(35)23-18-22(31-27(34)20-8-10-21(29)11-9-20)12-13-24(23)32-14-16-33(17-15-32)25-6-4-5-7-26(25)36-3/h4-13,18-19H,14-17H2,1-3H3,(H,30,35)(H,31,34). The van der Waals surface area contributed by atoms with Gasteiger partial charge in [0.25, 0.3) is 11.8 Å². The quantitative estimate of drug-likeness (QED) is 0.468. The second-order valence-electron chi connectivity index (χ2n) is 8.97. The summed E-state index contributed by atoms with van der Waals surface area (Å²) in [4.78, 5) is 30.4. The predicted octanol–water partition coefficient (Wildman–Crippen LogP) is 5.07. The molecule has 36 heavy (non-hydrogen) atoms. The van der Waals surface area contributed by atoms with Gasteiger partial charge in [-0.15, -0.1) is 0 Å². The number of carbonyl (C=O) groups is 2. The summed E-state index contributed by atoms with van der Waals surface area (Å²) in [6.07, 6.45) is 0. The van der Waals surface area contributed by atoms with Crippen LogP contribution in [0.3, 0.4) is 0 Å². The van der Waals surface area contributed by atoms with Gasteiger partial charge in [0.2, 0.25) is 0 Å². The molecule has 0 radical (unpaired) electrons. The Morgan fingerprint density at radius 3 is 2.14 bits per heavy atom. The summed E-state index contributed by atoms with van der Waals surface area (Å²) < 4.78 is 5.53. The lowest BCUT2D eigenvalue weighted by Crippen LogP contribution is -2.47. The third-order valence-corrected chi connectivity index (χ3v) is 6.32. The van der Waals surface area contributed by atoms with Crippen LogP contribution < -0.4 is 25.2 Å². The van der Waals surface area contributed by atoms with E-state index in [9.17, 15) is 9.59 Å². The molecule has 1 saturated heterocycles. The summed E-state index contributed by atoms with van der Waals surface area (Å²) in [5.74, 6) is 0.415. The predicted molar refractivity (Wildman–Crippen MR) is 146 cm³/mol. The number of anilines is 3. The number of para-hydroxylation sites is 2. The molecule has 0 spiro atoms. The maximum Gasteiger partial charge on any atom is 0.255 e. The van der Waals surface area contributed by atoms with Gasteiger partial charge in [0.15, 0.2) is 0 Å². The zero-order chi connectivity index (χ0) is 25.7. The number of benzene rings is 3. The van der Waals surface area contributed by atoms with E-state index >= 15 is 0 Å². The first kappa shape index (κ1) is 25.4. The van der Waals surface area contributed by atoms with E-state index < -0.39 is 0 Å². The van der Waals surface area contributed by atoms with Crippen molar-refractivity contribution < 1.29 is 14.3 Å². The fourth-order valence-electron chi connectivity index (χ4n) is 4.30. The zero-order valence-electron chi connectivity index (χ0n) is 20.8. The fraction of sp³-hybridized carbons (Fsp3) is 0.286. The van der Waals surface area contributed by atoms with Crippen molar-refractivity contribution in [1.82, 2.24) is 5.32 Å². The number of amides is 2. The lowest BCUT2D eigenvalue weighted by molar-refractivity contribution is 0.0942. The molecule has 7 nitrogen and oxygen atoms in total. The molecule has 0 bridgehead atoms. The van der Waals surface area contributed by atoms with E-state index in [4.69, 9.17) is 16.3 Å². The van der Waals surface area contributed by atoms with Gasteiger partial charge in [-0.1, -0.05) is 23.7 Å². The Morgan fingerprint density at radius 2 is 1.50 bits per heavy atom. The van der Waals surface area contributed by atoms with Crippen LogP contribution in [0.2, 0.25) is 5.02 Å². The number of halogens is 1. The number of rotatable bonds is 7. The monoisotopic (exact) mass is 506 g/mol. The van der Waals surface area contributed by atoms with Gasteiger partial charge in [-0.05, 0) is 68.4 Å². The van der Waals surface area contributed by atoms with Crippen LogP contribution in [-0.4, -0.2) is 51.1 Å². The van der Waals surface area contributed by atoms with Crippen LogP contribution in [0, 0.1) is 0 Å². The Bertz CT molecular complexity index is 1220. The number of carbonyl (C=O) groups excluding carboxylic acids is 2. The first-order valence-electron chi connectivity index (χ1n) is 12.0. The average Bonchev–Trinajstić information content (AvgIpc) is 2.88. The molecule has 4 rings (SSSR count). The van der Waals surface area contributed by atoms with Gasteiger partial charge >= 0.3 is 0 Å². The highest BCUT2D eigenvalue weighted by atomic mass is 35.5. The SMILES string of the molecule is COc1ccccc1N1CCN(c2ccc(NC(=O)c3ccc(Cl)cc3)cc2C(=O)NC(C)C)CC1. The van der Waals surface area contributed by atoms with Crippen molar-refractivity contribution in [2.45, 2.75) is 19.9 Å². The lowest BCUT2D eigenvalue weighted by atomic mass is 10.1. The summed E-state index contributed by atoms with van der Waals surface area (Å²) in [5.41, 5.74) is 3.49. The number of ether oxygens (including phenoxy) is 1. The first-order valence-corrected chi connectivity index (χ1v) is 12.4. The maximum atomic E-state index is 13.1. The molecule has 8 heteroatoms. The normalized spacial score (nSPS) is 13.5. The summed E-state index contributed by atoms with van der Waals surface area (Å²) in [5, 5.41) is 6.45. The molecule has 2 N–H and O–H groups in total. The van der Waals surface area contributed by atoms with Crippen LogP contribution in [0.4, 0.5) is 17.1 Å². The molecule has 1 fully saturated rings. The summed E-state index contributed by atoms with van der Waals surface area (Å²) in [7, 11) is 1.68. The van der Waals surface area contributed by atoms with Gasteiger partial charge in [-0.25, -0.2) is 0 Å². The van der Waals surface area contributed by atoms with Gasteiger partial charge in [0.05, 0.1) is 18.4 Å². The number of piperazine rings is 1. The van der Waals surface area contributed by atoms with Crippen molar-refractivity contribution in [3.8, 4) is 5.75 Å². The first-order chi connectivity index (χ1) is 17.4. The van der Waals surface area contributed by atoms with E-state index in [0.29, 0.717) is 21.8 Å². The third kappa shape index (κ3) is 5.91. The van der Waals surface area contributed by atoms with E-state index in [0.717, 1.165) is 43.3 Å². The molecule has 0 unspecified atom stereocenters. The van der Waals surface area contributed by atoms with Crippen molar-refractivity contribution in [1.29, 1.82) is 0 Å². The summed E-state index contributed by atoms with van der Waals surface area (Å²) >= 11 is 5.93. The molecule has 1 aliphatic heterocycles. The minimum Gasteiger partial charge on any atom is -0.495 e. The molecule has 3 aromatic rings. The minimum atomic E-state index is -0.264. The van der Waals surface area contributed by atoms with Gasteiger partial charge < -0.3 is 25.2 Å². The molecular formula is C28H31ClN4O3. The smallest absolute Gasteiger partial charge is 0.255 e. The van der Waals surface area contributed by atoms with Gasteiger partial charge in [0.1, 0.15) is 5.75 Å². The van der Waals surface area contributed by atoms with Crippen LogP contribution in [0.25, 0.3) is 0 Å². The Labute approximate surface area is 217 Å². The van der Waals surface area contributed by atoms with Crippen LogP contribution in [0.1, 0.15) is 34.6 Å². The minimum absolute atomic E-state index is 0.0138. The zero-order valence-corrected chi connectivity index (χ0v) is 21.5. The van der Waals surface area contributed by atoms with E-state index in [1.807, 2.05) is 44.2 Å².